The van der Waals surface area contributed by atoms with E-state index in [9.17, 15) is 34.5 Å². The second-order valence-electron chi connectivity index (χ2n) is 16.6. The number of hydrogen-bond acceptors (Lipinski definition) is 11. The molecule has 7 atom stereocenters. The Morgan fingerprint density at radius 2 is 1.17 bits per heavy atom. The zero-order chi connectivity index (χ0) is 43.2. The molecule has 1 aliphatic rings. The second-order valence-corrected chi connectivity index (χ2v) is 16.6. The van der Waals surface area contributed by atoms with Crippen LogP contribution >= 0.6 is 0 Å². The summed E-state index contributed by atoms with van der Waals surface area (Å²) in [5.74, 6) is -6.85. The second kappa shape index (κ2) is 32.5. The zero-order valence-electron chi connectivity index (χ0n) is 36.7. The Kier molecular flexibility index (Phi) is 30.1. The van der Waals surface area contributed by atoms with Crippen LogP contribution in [0.4, 0.5) is 0 Å². The summed E-state index contributed by atoms with van der Waals surface area (Å²) in [5.41, 5.74) is 18.0. The number of carbonyl (C=O) groups excluding carboxylic acids is 4. The molecule has 1 rings (SSSR count). The molecule has 1 unspecified atom stereocenters. The number of nitrogens with zero attached hydrogens (tertiary/aromatic N) is 1. The Bertz CT molecular complexity index is 1160. The Morgan fingerprint density at radius 3 is 1.64 bits per heavy atom. The average Bonchev–Trinajstić information content (AvgIpc) is 3.21. The van der Waals surface area contributed by atoms with Crippen LogP contribution in [0.1, 0.15) is 188 Å². The monoisotopic (exact) mass is 824 g/mol. The Balaban J connectivity index is 2.98. The quantitative estimate of drug-likeness (QED) is 0.0172. The maximum atomic E-state index is 14.1. The van der Waals surface area contributed by atoms with Gasteiger partial charge in [-0.25, -0.2) is 0 Å². The van der Waals surface area contributed by atoms with Crippen LogP contribution in [0.25, 0.3) is 0 Å². The third kappa shape index (κ3) is 20.3. The van der Waals surface area contributed by atoms with E-state index in [2.05, 4.69) is 31.3 Å². The summed E-state index contributed by atoms with van der Waals surface area (Å²) in [4.78, 5) is 54.1. The maximum absolute atomic E-state index is 14.1. The van der Waals surface area contributed by atoms with Crippen LogP contribution in [0, 0.1) is 5.92 Å². The number of nitrogens with one attached hydrogen (secondary N) is 1. The van der Waals surface area contributed by atoms with Crippen molar-refractivity contribution in [2.45, 2.75) is 224 Å². The molecule has 0 bridgehead atoms. The molecule has 338 valence electrons. The highest BCUT2D eigenvalue weighted by Gasteiger charge is 2.59. The van der Waals surface area contributed by atoms with Crippen molar-refractivity contribution >= 4 is 23.4 Å². The van der Waals surface area contributed by atoms with Gasteiger partial charge in [0.05, 0.1) is 25.3 Å². The van der Waals surface area contributed by atoms with Crippen molar-refractivity contribution in [1.82, 2.24) is 10.2 Å². The van der Waals surface area contributed by atoms with Gasteiger partial charge in [0.1, 0.15) is 24.2 Å². The van der Waals surface area contributed by atoms with Gasteiger partial charge in [-0.15, -0.1) is 0 Å². The van der Waals surface area contributed by atoms with E-state index < -0.39 is 72.8 Å². The summed E-state index contributed by atoms with van der Waals surface area (Å²) in [6, 6.07) is -2.96. The average molecular weight is 824 g/mol. The lowest BCUT2D eigenvalue weighted by atomic mass is 9.80. The molecule has 58 heavy (non-hydrogen) atoms. The van der Waals surface area contributed by atoms with Crippen LogP contribution in [-0.2, 0) is 23.9 Å². The van der Waals surface area contributed by atoms with Gasteiger partial charge < -0.3 is 41.7 Å². The lowest BCUT2D eigenvalue weighted by Crippen LogP contribution is -2.76. The van der Waals surface area contributed by atoms with Gasteiger partial charge in [-0.1, -0.05) is 148 Å². The van der Waals surface area contributed by atoms with Gasteiger partial charge in [0.2, 0.25) is 17.7 Å². The van der Waals surface area contributed by atoms with E-state index in [4.69, 9.17) is 21.9 Å². The Labute approximate surface area is 351 Å². The number of unbranched alkanes of at least 4 members (excludes halogenated alkanes) is 22. The summed E-state index contributed by atoms with van der Waals surface area (Å²) in [6.45, 7) is 4.71. The molecule has 2 amide bonds. The Morgan fingerprint density at radius 1 is 0.724 bits per heavy atom. The van der Waals surface area contributed by atoms with Crippen LogP contribution in [0.15, 0.2) is 12.2 Å². The zero-order valence-corrected chi connectivity index (χ0v) is 36.7. The third-order valence-corrected chi connectivity index (χ3v) is 11.6. The molecule has 0 aromatic heterocycles. The van der Waals surface area contributed by atoms with Crippen LogP contribution in [-0.4, -0.2) is 99.5 Å². The maximum Gasteiger partial charge on any atom is 0.245 e. The van der Waals surface area contributed by atoms with Crippen molar-refractivity contribution < 1.29 is 39.2 Å². The lowest BCUT2D eigenvalue weighted by Gasteiger charge is -2.53. The van der Waals surface area contributed by atoms with Crippen LogP contribution in [0.2, 0.25) is 0 Å². The molecule has 0 aliphatic carbocycles. The first-order valence-electron chi connectivity index (χ1n) is 23.1. The Hall–Kier alpha value is -2.26. The predicted molar refractivity (Wildman–Crippen MR) is 231 cm³/mol. The summed E-state index contributed by atoms with van der Waals surface area (Å²) < 4.78 is 6.05. The topological polar surface area (TPSA) is 232 Å². The number of ketones is 2. The summed E-state index contributed by atoms with van der Waals surface area (Å²) in [6.07, 6.45) is 27.6. The molecule has 0 aromatic rings. The lowest BCUT2D eigenvalue weighted by molar-refractivity contribution is -0.291. The molecule has 0 saturated carbocycles. The molecular formula is C45H85N5O8. The van der Waals surface area contributed by atoms with Gasteiger partial charge in [-0.3, -0.25) is 24.9 Å². The largest absolute Gasteiger partial charge is 0.394 e. The highest BCUT2D eigenvalue weighted by molar-refractivity contribution is 6.07. The van der Waals surface area contributed by atoms with Gasteiger partial charge in [0, 0.05) is 13.0 Å². The summed E-state index contributed by atoms with van der Waals surface area (Å²) >= 11 is 0. The fourth-order valence-electron chi connectivity index (χ4n) is 7.80. The molecule has 13 heteroatoms. The van der Waals surface area contributed by atoms with Gasteiger partial charge in [0.25, 0.3) is 0 Å². The molecular weight excluding hydrogens is 739 g/mol. The highest BCUT2D eigenvalue weighted by atomic mass is 16.6. The molecule has 1 fully saturated rings. The van der Waals surface area contributed by atoms with Crippen molar-refractivity contribution in [3.8, 4) is 0 Å². The van der Waals surface area contributed by atoms with E-state index in [1.165, 1.54) is 95.3 Å². The first-order valence-corrected chi connectivity index (χ1v) is 23.1. The van der Waals surface area contributed by atoms with Crippen molar-refractivity contribution in [3.05, 3.63) is 12.2 Å². The summed E-state index contributed by atoms with van der Waals surface area (Å²) in [5, 5.41) is 34.8. The molecule has 10 N–H and O–H groups in total. The third-order valence-electron chi connectivity index (χ3n) is 11.6. The molecule has 0 spiro atoms. The molecule has 1 saturated heterocycles. The minimum atomic E-state index is -2.26. The first kappa shape index (κ1) is 53.8. The fourth-order valence-corrected chi connectivity index (χ4v) is 7.80. The number of amides is 2. The van der Waals surface area contributed by atoms with E-state index >= 15 is 0 Å². The minimum absolute atomic E-state index is 0.124. The number of carbonyl (C=O) groups is 4. The normalized spacial score (nSPS) is 21.9. The van der Waals surface area contributed by atoms with E-state index in [0.29, 0.717) is 12.8 Å². The van der Waals surface area contributed by atoms with Crippen molar-refractivity contribution in [3.63, 3.8) is 0 Å². The number of nitrogens with two attached hydrogens (primary N) is 3. The number of hydrogen-bond donors (Lipinski definition) is 7. The van der Waals surface area contributed by atoms with Gasteiger partial charge in [0.15, 0.2) is 11.6 Å². The highest BCUT2D eigenvalue weighted by Crippen LogP contribution is 2.36. The predicted octanol–water partition coefficient (Wildman–Crippen LogP) is 5.82. The van der Waals surface area contributed by atoms with Crippen molar-refractivity contribution in [1.29, 1.82) is 0 Å². The van der Waals surface area contributed by atoms with Crippen LogP contribution in [0.5, 0.6) is 0 Å². The molecule has 0 aromatic carbocycles. The van der Waals surface area contributed by atoms with E-state index in [1.807, 2.05) is 0 Å². The van der Waals surface area contributed by atoms with Crippen molar-refractivity contribution in [2.24, 2.45) is 23.1 Å². The van der Waals surface area contributed by atoms with Gasteiger partial charge >= 0.3 is 0 Å². The number of ether oxygens (including phenoxy) is 1. The van der Waals surface area contributed by atoms with Crippen LogP contribution < -0.4 is 22.5 Å². The first-order chi connectivity index (χ1) is 27.9. The minimum Gasteiger partial charge on any atom is -0.394 e. The number of aliphatic hydroxyl groups excluding tert-OH is 3. The van der Waals surface area contributed by atoms with Gasteiger partial charge in [-0.05, 0) is 45.4 Å². The standard InChI is InChI=1S/C45H85N5O8/c1-4-6-8-10-12-14-16-18-19-20-21-23-25-27-29-31-38(53)50(32-30-28-26-24-22-17-15-13-11-9-7-5-2)45(48)39(43(56)42(55)37(34-51)58-45)41(54)35(3)49-44(57)40(47)36(52)33-46/h18-19,35,37,39-40,42-43,51,55-56H,4-17,20-34,46-48H2,1-3H3,(H,49,57)/b19-18-/t35-,37+,39+,40?,42+,43+,45-/m0/s1. The smallest absolute Gasteiger partial charge is 0.245 e. The van der Waals surface area contributed by atoms with Gasteiger partial charge in [-0.2, -0.15) is 0 Å². The van der Waals surface area contributed by atoms with E-state index in [-0.39, 0.29) is 18.9 Å². The number of Topliss-reactive ketones (excluding diaryl/α,β-unsaturated/α-hetero) is 2. The molecule has 0 radical (unpaired) electrons. The van der Waals surface area contributed by atoms with Crippen molar-refractivity contribution in [2.75, 3.05) is 19.7 Å². The number of aliphatic hydroxyl groups is 3. The SMILES string of the molecule is CCCCCCCC/C=C\CCCCCCCC(=O)N(CCCCCCCCCCCCCC)[C@]1(N)O[C@H](CO)[C@@H](O)[C@H](O)[C@H]1C(=O)[C@H](C)NC(=O)C(N)C(=O)CN. The molecule has 13 nitrogen and oxygen atoms in total. The number of rotatable bonds is 36. The number of allylic oxidation sites excluding steroid dienone is 2. The fraction of sp³-hybridized carbons (Fsp3) is 0.867. The van der Waals surface area contributed by atoms with E-state index in [1.54, 1.807) is 0 Å². The molecule has 1 heterocycles. The summed E-state index contributed by atoms with van der Waals surface area (Å²) in [7, 11) is 0. The molecule has 1 aliphatic heterocycles. The van der Waals surface area contributed by atoms with Crippen LogP contribution in [0.3, 0.4) is 0 Å². The van der Waals surface area contributed by atoms with E-state index in [0.717, 1.165) is 64.2 Å².